The van der Waals surface area contributed by atoms with Gasteiger partial charge in [-0.25, -0.2) is 0 Å². The van der Waals surface area contributed by atoms with E-state index in [0.29, 0.717) is 12.1 Å². The summed E-state index contributed by atoms with van der Waals surface area (Å²) in [5.74, 6) is 0. The highest BCUT2D eigenvalue weighted by Crippen LogP contribution is 2.27. The zero-order chi connectivity index (χ0) is 16.2. The maximum atomic E-state index is 6.30. The Balaban J connectivity index is 0.00000182. The molecule has 3 nitrogen and oxygen atoms in total. The van der Waals surface area contributed by atoms with E-state index in [0.717, 1.165) is 39.3 Å². The van der Waals surface area contributed by atoms with Crippen molar-refractivity contribution < 1.29 is 9.47 Å². The fourth-order valence-electron chi connectivity index (χ4n) is 4.15. The van der Waals surface area contributed by atoms with E-state index in [2.05, 4.69) is 47.4 Å². The lowest BCUT2D eigenvalue weighted by atomic mass is 10.1. The van der Waals surface area contributed by atoms with Gasteiger partial charge in [-0.3, -0.25) is 4.90 Å². The summed E-state index contributed by atoms with van der Waals surface area (Å²) in [4.78, 5) is 2.58. The molecule has 4 rings (SSSR count). The lowest BCUT2D eigenvalue weighted by Crippen LogP contribution is -2.47. The first-order chi connectivity index (χ1) is 11.9. The highest BCUT2D eigenvalue weighted by molar-refractivity contribution is 5.85. The first kappa shape index (κ1) is 18.7. The summed E-state index contributed by atoms with van der Waals surface area (Å²) >= 11 is 0. The Bertz CT molecular complexity index is 672. The summed E-state index contributed by atoms with van der Waals surface area (Å²) in [6.45, 7) is 4.70. The van der Waals surface area contributed by atoms with Crippen LogP contribution in [-0.2, 0) is 15.9 Å². The van der Waals surface area contributed by atoms with Gasteiger partial charge in [0.25, 0.3) is 0 Å². The molecule has 1 heterocycles. The molecule has 25 heavy (non-hydrogen) atoms. The van der Waals surface area contributed by atoms with Crippen LogP contribution in [0.25, 0.3) is 10.8 Å². The molecular weight excluding hydrogens is 334 g/mol. The van der Waals surface area contributed by atoms with Gasteiger partial charge < -0.3 is 9.47 Å². The molecule has 2 aromatic carbocycles. The van der Waals surface area contributed by atoms with Gasteiger partial charge in [0, 0.05) is 19.1 Å². The van der Waals surface area contributed by atoms with Crippen molar-refractivity contribution in [1.29, 1.82) is 0 Å². The standard InChI is InChI=1S/C21H27NO2.ClH/c1-2-5-19-16-17(8-9-18(19)4-1)10-13-24-21-7-3-6-20(21)22-11-14-23-15-12-22;/h1-2,4-5,8-9,16,20-21H,3,6-7,10-15H2;1H/t20?,21-;/m0./s1. The Morgan fingerprint density at radius 2 is 1.80 bits per heavy atom. The molecule has 1 unspecified atom stereocenters. The van der Waals surface area contributed by atoms with Crippen molar-refractivity contribution >= 4 is 23.2 Å². The molecule has 1 aliphatic carbocycles. The van der Waals surface area contributed by atoms with Crippen molar-refractivity contribution in [3.05, 3.63) is 48.0 Å². The molecule has 1 aliphatic heterocycles. The average molecular weight is 362 g/mol. The number of hydrogen-bond acceptors (Lipinski definition) is 3. The number of fused-ring (bicyclic) bond motifs is 1. The molecule has 0 N–H and O–H groups in total. The van der Waals surface area contributed by atoms with Crippen LogP contribution in [0.1, 0.15) is 24.8 Å². The quantitative estimate of drug-likeness (QED) is 0.801. The molecule has 2 aliphatic rings. The highest BCUT2D eigenvalue weighted by atomic mass is 35.5. The summed E-state index contributed by atoms with van der Waals surface area (Å²) in [7, 11) is 0. The van der Waals surface area contributed by atoms with Crippen molar-refractivity contribution in [2.24, 2.45) is 0 Å². The van der Waals surface area contributed by atoms with Gasteiger partial charge in [0.15, 0.2) is 0 Å². The van der Waals surface area contributed by atoms with Crippen LogP contribution in [0.3, 0.4) is 0 Å². The number of ether oxygens (including phenoxy) is 2. The number of nitrogens with zero attached hydrogens (tertiary/aromatic N) is 1. The van der Waals surface area contributed by atoms with Crippen molar-refractivity contribution in [1.82, 2.24) is 4.90 Å². The van der Waals surface area contributed by atoms with Gasteiger partial charge in [-0.2, -0.15) is 0 Å². The van der Waals surface area contributed by atoms with Crippen molar-refractivity contribution in [2.75, 3.05) is 32.9 Å². The predicted molar refractivity (Wildman–Crippen MR) is 105 cm³/mol. The van der Waals surface area contributed by atoms with Gasteiger partial charge in [0.1, 0.15) is 0 Å². The first-order valence-electron chi connectivity index (χ1n) is 9.31. The second-order valence-electron chi connectivity index (χ2n) is 6.99. The van der Waals surface area contributed by atoms with E-state index in [1.165, 1.54) is 35.6 Å². The normalized spacial score (nSPS) is 24.3. The number of morpholine rings is 1. The smallest absolute Gasteiger partial charge is 0.0730 e. The van der Waals surface area contributed by atoms with E-state index >= 15 is 0 Å². The SMILES string of the molecule is Cl.c1ccc2cc(CCO[C@H]3CCCC3N3CCOCC3)ccc2c1. The van der Waals surface area contributed by atoms with Gasteiger partial charge in [0.2, 0.25) is 0 Å². The van der Waals surface area contributed by atoms with E-state index in [-0.39, 0.29) is 12.4 Å². The molecule has 4 heteroatoms. The third-order valence-electron chi connectivity index (χ3n) is 5.47. The Kier molecular flexibility index (Phi) is 6.71. The second kappa shape index (κ2) is 9.00. The zero-order valence-electron chi connectivity index (χ0n) is 14.7. The third-order valence-corrected chi connectivity index (χ3v) is 5.47. The van der Waals surface area contributed by atoms with Crippen molar-refractivity contribution in [3.63, 3.8) is 0 Å². The second-order valence-corrected chi connectivity index (χ2v) is 6.99. The van der Waals surface area contributed by atoms with E-state index in [9.17, 15) is 0 Å². The van der Waals surface area contributed by atoms with Crippen LogP contribution in [0, 0.1) is 0 Å². The molecule has 2 aromatic rings. The zero-order valence-corrected chi connectivity index (χ0v) is 15.5. The van der Waals surface area contributed by atoms with Crippen LogP contribution >= 0.6 is 12.4 Å². The van der Waals surface area contributed by atoms with Crippen LogP contribution in [0.5, 0.6) is 0 Å². The van der Waals surface area contributed by atoms with Crippen LogP contribution in [0.15, 0.2) is 42.5 Å². The molecule has 0 spiro atoms. The molecule has 0 amide bonds. The van der Waals surface area contributed by atoms with Crippen molar-refractivity contribution in [3.8, 4) is 0 Å². The molecule has 136 valence electrons. The molecule has 1 saturated carbocycles. The monoisotopic (exact) mass is 361 g/mol. The number of rotatable bonds is 5. The summed E-state index contributed by atoms with van der Waals surface area (Å²) in [5.41, 5.74) is 1.37. The van der Waals surface area contributed by atoms with Gasteiger partial charge in [-0.05, 0) is 42.0 Å². The number of benzene rings is 2. The number of hydrogen-bond donors (Lipinski definition) is 0. The van der Waals surface area contributed by atoms with Crippen LogP contribution in [0.4, 0.5) is 0 Å². The largest absolute Gasteiger partial charge is 0.379 e. The lowest BCUT2D eigenvalue weighted by molar-refractivity contribution is -0.0366. The molecule has 0 radical (unpaired) electrons. The van der Waals surface area contributed by atoms with Gasteiger partial charge >= 0.3 is 0 Å². The van der Waals surface area contributed by atoms with Crippen LogP contribution < -0.4 is 0 Å². The van der Waals surface area contributed by atoms with E-state index in [1.54, 1.807) is 0 Å². The Morgan fingerprint density at radius 3 is 2.64 bits per heavy atom. The average Bonchev–Trinajstić information content (AvgIpc) is 3.11. The van der Waals surface area contributed by atoms with Gasteiger partial charge in [0.05, 0.1) is 25.9 Å². The molecular formula is C21H28ClNO2. The highest BCUT2D eigenvalue weighted by Gasteiger charge is 2.33. The Labute approximate surface area is 156 Å². The minimum Gasteiger partial charge on any atom is -0.379 e. The van der Waals surface area contributed by atoms with Gasteiger partial charge in [-0.15, -0.1) is 12.4 Å². The topological polar surface area (TPSA) is 21.7 Å². The van der Waals surface area contributed by atoms with Gasteiger partial charge in [-0.1, -0.05) is 42.5 Å². The molecule has 0 bridgehead atoms. The lowest BCUT2D eigenvalue weighted by Gasteiger charge is -2.35. The maximum Gasteiger partial charge on any atom is 0.0730 e. The Hall–Kier alpha value is -1.13. The molecule has 2 fully saturated rings. The minimum atomic E-state index is 0. The fraction of sp³-hybridized carbons (Fsp3) is 0.524. The molecule has 2 atom stereocenters. The molecule has 0 aromatic heterocycles. The first-order valence-corrected chi connectivity index (χ1v) is 9.31. The van der Waals surface area contributed by atoms with Crippen molar-refractivity contribution in [2.45, 2.75) is 37.8 Å². The maximum absolute atomic E-state index is 6.30. The van der Waals surface area contributed by atoms with Crippen LogP contribution in [-0.4, -0.2) is 50.0 Å². The van der Waals surface area contributed by atoms with E-state index in [1.807, 2.05) is 0 Å². The summed E-state index contributed by atoms with van der Waals surface area (Å²) in [6, 6.07) is 15.9. The fourth-order valence-corrected chi connectivity index (χ4v) is 4.15. The number of halogens is 1. The predicted octanol–water partition coefficient (Wildman–Crippen LogP) is 4.07. The Morgan fingerprint density at radius 1 is 1.00 bits per heavy atom. The molecule has 1 saturated heterocycles. The third kappa shape index (κ3) is 4.53. The van der Waals surface area contributed by atoms with E-state index < -0.39 is 0 Å². The minimum absolute atomic E-state index is 0. The summed E-state index contributed by atoms with van der Waals surface area (Å²) < 4.78 is 11.8. The van der Waals surface area contributed by atoms with Crippen LogP contribution in [0.2, 0.25) is 0 Å². The summed E-state index contributed by atoms with van der Waals surface area (Å²) in [6.07, 6.45) is 5.18. The van der Waals surface area contributed by atoms with E-state index in [4.69, 9.17) is 9.47 Å². The summed E-state index contributed by atoms with van der Waals surface area (Å²) in [5, 5.41) is 2.63.